The van der Waals surface area contributed by atoms with Gasteiger partial charge in [0.1, 0.15) is 5.75 Å². The predicted molar refractivity (Wildman–Crippen MR) is 55.4 cm³/mol. The van der Waals surface area contributed by atoms with Crippen LogP contribution in [-0.4, -0.2) is 19.4 Å². The van der Waals surface area contributed by atoms with Crippen molar-refractivity contribution < 1.29 is 18.3 Å². The van der Waals surface area contributed by atoms with Gasteiger partial charge in [0.15, 0.2) is 0 Å². The summed E-state index contributed by atoms with van der Waals surface area (Å²) in [6, 6.07) is 3.41. The smallest absolute Gasteiger partial charge is 0.261 e. The van der Waals surface area contributed by atoms with E-state index in [1.165, 1.54) is 19.1 Å². The van der Waals surface area contributed by atoms with Crippen molar-refractivity contribution in [3.05, 3.63) is 18.2 Å². The van der Waals surface area contributed by atoms with Gasteiger partial charge in [-0.2, -0.15) is 0 Å². The highest BCUT2D eigenvalue weighted by Crippen LogP contribution is 2.27. The minimum Gasteiger partial charge on any atom is -0.506 e. The lowest BCUT2D eigenvalue weighted by Crippen LogP contribution is -2.06. The Morgan fingerprint density at radius 1 is 1.47 bits per heavy atom. The zero-order valence-corrected chi connectivity index (χ0v) is 9.26. The Kier molecular flexibility index (Phi) is 3.21. The maximum Gasteiger partial charge on any atom is 0.261 e. The van der Waals surface area contributed by atoms with Crippen molar-refractivity contribution >= 4 is 31.3 Å². The Morgan fingerprint density at radius 3 is 2.47 bits per heavy atom. The molecule has 0 aliphatic heterocycles. The first-order valence-corrected chi connectivity index (χ1v) is 6.17. The molecule has 0 fully saturated rings. The normalized spacial score (nSPS) is 11.1. The lowest BCUT2D eigenvalue weighted by atomic mass is 10.3. The molecule has 1 rings (SSSR count). The van der Waals surface area contributed by atoms with E-state index in [4.69, 9.17) is 10.7 Å². The quantitative estimate of drug-likeness (QED) is 0.611. The molecule has 0 spiro atoms. The number of anilines is 1. The van der Waals surface area contributed by atoms with Gasteiger partial charge in [-0.1, -0.05) is 0 Å². The van der Waals surface area contributed by atoms with E-state index < -0.39 is 9.05 Å². The number of amides is 1. The van der Waals surface area contributed by atoms with Gasteiger partial charge in [0.05, 0.1) is 10.6 Å². The Labute approximate surface area is 91.1 Å². The van der Waals surface area contributed by atoms with E-state index in [-0.39, 0.29) is 22.2 Å². The summed E-state index contributed by atoms with van der Waals surface area (Å²) in [5.41, 5.74) is 0.131. The van der Waals surface area contributed by atoms with Crippen LogP contribution in [0.25, 0.3) is 0 Å². The fourth-order valence-electron chi connectivity index (χ4n) is 0.958. The van der Waals surface area contributed by atoms with Gasteiger partial charge in [-0.25, -0.2) is 8.42 Å². The minimum absolute atomic E-state index is 0.131. The molecule has 1 aromatic carbocycles. The van der Waals surface area contributed by atoms with Crippen LogP contribution in [0.15, 0.2) is 23.1 Å². The topological polar surface area (TPSA) is 83.5 Å². The zero-order valence-electron chi connectivity index (χ0n) is 7.69. The molecular weight excluding hydrogens is 242 g/mol. The van der Waals surface area contributed by atoms with Gasteiger partial charge in [0.2, 0.25) is 5.91 Å². The van der Waals surface area contributed by atoms with E-state index in [1.807, 2.05) is 0 Å². The van der Waals surface area contributed by atoms with Gasteiger partial charge < -0.3 is 10.4 Å². The van der Waals surface area contributed by atoms with Gasteiger partial charge in [0, 0.05) is 23.7 Å². The van der Waals surface area contributed by atoms with Crippen LogP contribution in [0.1, 0.15) is 6.92 Å². The molecule has 7 heteroatoms. The lowest BCUT2D eigenvalue weighted by molar-refractivity contribution is -0.114. The van der Waals surface area contributed by atoms with Crippen molar-refractivity contribution in [2.24, 2.45) is 0 Å². The molecule has 1 aromatic rings. The summed E-state index contributed by atoms with van der Waals surface area (Å²) in [5.74, 6) is -0.723. The van der Waals surface area contributed by atoms with Gasteiger partial charge >= 0.3 is 0 Å². The standard InChI is InChI=1S/C8H8ClNO4S/c1-5(11)10-7-3-2-6(4-8(7)12)15(9,13)14/h2-4,12H,1H3,(H,10,11). The van der Waals surface area contributed by atoms with Gasteiger partial charge in [-0.3, -0.25) is 4.79 Å². The predicted octanol–water partition coefficient (Wildman–Crippen LogP) is 1.28. The fourth-order valence-corrected chi connectivity index (χ4v) is 1.73. The van der Waals surface area contributed by atoms with Crippen molar-refractivity contribution in [1.82, 2.24) is 0 Å². The number of halogens is 1. The maximum absolute atomic E-state index is 10.9. The lowest BCUT2D eigenvalue weighted by Gasteiger charge is -2.05. The van der Waals surface area contributed by atoms with Crippen LogP contribution >= 0.6 is 10.7 Å². The molecule has 0 atom stereocenters. The van der Waals surface area contributed by atoms with Crippen molar-refractivity contribution in [2.75, 3.05) is 5.32 Å². The summed E-state index contributed by atoms with van der Waals surface area (Å²) in [4.78, 5) is 10.5. The highest BCUT2D eigenvalue weighted by Gasteiger charge is 2.12. The average Bonchev–Trinajstić information content (AvgIpc) is 2.05. The van der Waals surface area contributed by atoms with E-state index in [9.17, 15) is 18.3 Å². The first-order valence-electron chi connectivity index (χ1n) is 3.86. The summed E-state index contributed by atoms with van der Waals surface area (Å²) in [6.45, 7) is 1.27. The highest BCUT2D eigenvalue weighted by atomic mass is 35.7. The van der Waals surface area contributed by atoms with Crippen LogP contribution in [0.2, 0.25) is 0 Å². The molecule has 1 amide bonds. The van der Waals surface area contributed by atoms with Gasteiger partial charge in [-0.05, 0) is 12.1 Å². The molecule has 0 aliphatic carbocycles. The number of hydrogen-bond donors (Lipinski definition) is 2. The third-order valence-corrected chi connectivity index (χ3v) is 2.91. The van der Waals surface area contributed by atoms with Crippen molar-refractivity contribution in [1.29, 1.82) is 0 Å². The van der Waals surface area contributed by atoms with Crippen LogP contribution < -0.4 is 5.32 Å². The second kappa shape index (κ2) is 4.08. The number of hydrogen-bond acceptors (Lipinski definition) is 4. The summed E-state index contributed by atoms with van der Waals surface area (Å²) in [6.07, 6.45) is 0. The van der Waals surface area contributed by atoms with Gasteiger partial charge in [0.25, 0.3) is 9.05 Å². The molecular formula is C8H8ClNO4S. The van der Waals surface area contributed by atoms with Crippen LogP contribution in [0.3, 0.4) is 0 Å². The molecule has 0 aromatic heterocycles. The number of rotatable bonds is 2. The van der Waals surface area contributed by atoms with Gasteiger partial charge in [-0.15, -0.1) is 0 Å². The average molecular weight is 250 g/mol. The molecule has 0 heterocycles. The second-order valence-electron chi connectivity index (χ2n) is 2.80. The number of phenolic OH excluding ortho intramolecular Hbond substituents is 1. The fraction of sp³-hybridized carbons (Fsp3) is 0.125. The molecule has 0 bridgehead atoms. The maximum atomic E-state index is 10.9. The summed E-state index contributed by atoms with van der Waals surface area (Å²) < 4.78 is 21.8. The van der Waals surface area contributed by atoms with E-state index in [0.717, 1.165) is 6.07 Å². The SMILES string of the molecule is CC(=O)Nc1ccc(S(=O)(=O)Cl)cc1O. The van der Waals surface area contributed by atoms with Crippen molar-refractivity contribution in [2.45, 2.75) is 11.8 Å². The van der Waals surface area contributed by atoms with Crippen LogP contribution in [0, 0.1) is 0 Å². The summed E-state index contributed by atoms with van der Waals surface area (Å²) >= 11 is 0. The molecule has 0 saturated heterocycles. The Morgan fingerprint density at radius 2 is 2.07 bits per heavy atom. The molecule has 0 aliphatic rings. The third kappa shape index (κ3) is 3.10. The van der Waals surface area contributed by atoms with E-state index >= 15 is 0 Å². The first kappa shape index (κ1) is 11.8. The van der Waals surface area contributed by atoms with E-state index in [2.05, 4.69) is 5.32 Å². The Hall–Kier alpha value is -1.27. The molecule has 82 valence electrons. The van der Waals surface area contributed by atoms with Crippen LogP contribution in [-0.2, 0) is 13.8 Å². The van der Waals surface area contributed by atoms with Crippen molar-refractivity contribution in [3.8, 4) is 5.75 Å². The van der Waals surface area contributed by atoms with Crippen molar-refractivity contribution in [3.63, 3.8) is 0 Å². The largest absolute Gasteiger partial charge is 0.506 e. The number of carbonyl (C=O) groups excluding carboxylic acids is 1. The number of nitrogens with one attached hydrogen (secondary N) is 1. The van der Waals surface area contributed by atoms with Crippen LogP contribution in [0.4, 0.5) is 5.69 Å². The molecule has 5 nitrogen and oxygen atoms in total. The summed E-state index contributed by atoms with van der Waals surface area (Å²) in [5, 5.41) is 11.7. The number of benzene rings is 1. The number of aromatic hydroxyl groups is 1. The monoisotopic (exact) mass is 249 g/mol. The Balaban J connectivity index is 3.15. The number of carbonyl (C=O) groups is 1. The third-order valence-electron chi connectivity index (χ3n) is 1.56. The Bertz CT molecular complexity index is 497. The van der Waals surface area contributed by atoms with Crippen LogP contribution in [0.5, 0.6) is 5.75 Å². The molecule has 15 heavy (non-hydrogen) atoms. The first-order chi connectivity index (χ1) is 6.80. The molecule has 0 radical (unpaired) electrons. The zero-order chi connectivity index (χ0) is 11.6. The molecule has 0 saturated carbocycles. The van der Waals surface area contributed by atoms with E-state index in [1.54, 1.807) is 0 Å². The second-order valence-corrected chi connectivity index (χ2v) is 5.36. The summed E-state index contributed by atoms with van der Waals surface area (Å²) in [7, 11) is 1.19. The number of phenols is 1. The molecule has 2 N–H and O–H groups in total. The van der Waals surface area contributed by atoms with E-state index in [0.29, 0.717) is 0 Å². The molecule has 0 unspecified atom stereocenters. The minimum atomic E-state index is -3.87. The highest BCUT2D eigenvalue weighted by molar-refractivity contribution is 8.13.